The number of nitrogens with one attached hydrogen (secondary N) is 1. The molecule has 0 atom stereocenters. The summed E-state index contributed by atoms with van der Waals surface area (Å²) in [5.41, 5.74) is 3.97. The second-order valence-corrected chi connectivity index (χ2v) is 9.44. The second kappa shape index (κ2) is 7.99. The minimum absolute atomic E-state index is 0.168. The number of Topliss-reactive ketones (excluding diaryl/α,β-unsaturated/α-hetero) is 1. The summed E-state index contributed by atoms with van der Waals surface area (Å²) in [6.07, 6.45) is 5.49. The summed E-state index contributed by atoms with van der Waals surface area (Å²) in [6, 6.07) is 17.3. The monoisotopic (exact) mass is 451 g/mol. The number of hydrogen-bond acceptors (Lipinski definition) is 4. The molecule has 0 fully saturated rings. The first-order chi connectivity index (χ1) is 16.2. The first-order valence-electron chi connectivity index (χ1n) is 11.1. The van der Waals surface area contributed by atoms with Crippen molar-refractivity contribution in [1.82, 2.24) is 9.55 Å². The van der Waals surface area contributed by atoms with Gasteiger partial charge in [0.1, 0.15) is 11.4 Å². The van der Waals surface area contributed by atoms with Crippen LogP contribution in [0.2, 0.25) is 0 Å². The van der Waals surface area contributed by atoms with Crippen molar-refractivity contribution in [2.45, 2.75) is 20.8 Å². The standard InChI is InChI=1S/C28H25N3O3/c1-28(2,3)27(33)30-20-11-8-12-21-24(20)25(32)22(34-21)15-18-16-31(4)26-23(18)19(13-14-29-26)17-9-6-5-7-10-17/h5-16H,1-4H3,(H,30,33). The van der Waals surface area contributed by atoms with E-state index in [0.717, 1.165) is 27.7 Å². The summed E-state index contributed by atoms with van der Waals surface area (Å²) in [5, 5.41) is 3.82. The maximum atomic E-state index is 13.4. The number of pyridine rings is 1. The molecular weight excluding hydrogens is 426 g/mol. The average Bonchev–Trinajstić information content (AvgIpc) is 3.31. The summed E-state index contributed by atoms with van der Waals surface area (Å²) in [5.74, 6) is 0.216. The SMILES string of the molecule is Cn1cc(C=C2Oc3cccc(NC(=O)C(C)(C)C)c3C2=O)c2c(-c3ccccc3)ccnc21. The smallest absolute Gasteiger partial charge is 0.234 e. The Kier molecular flexibility index (Phi) is 5.09. The fourth-order valence-corrected chi connectivity index (χ4v) is 4.09. The van der Waals surface area contributed by atoms with Gasteiger partial charge in [-0.25, -0.2) is 4.98 Å². The number of benzene rings is 2. The molecule has 5 rings (SSSR count). The zero-order valence-electron chi connectivity index (χ0n) is 19.5. The third-order valence-corrected chi connectivity index (χ3v) is 5.88. The minimum atomic E-state index is -0.590. The molecule has 4 aromatic rings. The molecule has 0 bridgehead atoms. The topological polar surface area (TPSA) is 73.2 Å². The number of aryl methyl sites for hydroxylation is 1. The van der Waals surface area contributed by atoms with Gasteiger partial charge in [-0.2, -0.15) is 0 Å². The van der Waals surface area contributed by atoms with Crippen LogP contribution in [-0.4, -0.2) is 21.2 Å². The van der Waals surface area contributed by atoms with Crippen LogP contribution in [-0.2, 0) is 11.8 Å². The molecule has 0 saturated heterocycles. The Morgan fingerprint density at radius 2 is 1.82 bits per heavy atom. The van der Waals surface area contributed by atoms with Gasteiger partial charge in [-0.15, -0.1) is 0 Å². The molecule has 6 nitrogen and oxygen atoms in total. The number of fused-ring (bicyclic) bond motifs is 2. The van der Waals surface area contributed by atoms with Gasteiger partial charge in [-0.1, -0.05) is 57.2 Å². The Labute approximate surface area is 197 Å². The third-order valence-electron chi connectivity index (χ3n) is 5.88. The number of ketones is 1. The number of carbonyl (C=O) groups excluding carboxylic acids is 2. The van der Waals surface area contributed by atoms with E-state index in [1.165, 1.54) is 0 Å². The number of carbonyl (C=O) groups is 2. The van der Waals surface area contributed by atoms with Gasteiger partial charge < -0.3 is 14.6 Å². The van der Waals surface area contributed by atoms with Crippen molar-refractivity contribution in [3.63, 3.8) is 0 Å². The lowest BCUT2D eigenvalue weighted by atomic mass is 9.95. The molecule has 0 radical (unpaired) electrons. The molecule has 170 valence electrons. The van der Waals surface area contributed by atoms with Crippen molar-refractivity contribution in [3.8, 4) is 16.9 Å². The molecule has 2 aromatic heterocycles. The number of amides is 1. The molecule has 1 amide bonds. The summed E-state index contributed by atoms with van der Waals surface area (Å²) >= 11 is 0. The van der Waals surface area contributed by atoms with Crippen LogP contribution in [0.25, 0.3) is 28.2 Å². The predicted molar refractivity (Wildman–Crippen MR) is 134 cm³/mol. The van der Waals surface area contributed by atoms with Gasteiger partial charge >= 0.3 is 0 Å². The number of rotatable bonds is 3. The van der Waals surface area contributed by atoms with E-state index in [1.807, 2.05) is 62.8 Å². The van der Waals surface area contributed by atoms with Crippen LogP contribution in [0.4, 0.5) is 5.69 Å². The quantitative estimate of drug-likeness (QED) is 0.397. The lowest BCUT2D eigenvalue weighted by molar-refractivity contribution is -0.123. The lowest BCUT2D eigenvalue weighted by Gasteiger charge is -2.18. The van der Waals surface area contributed by atoms with E-state index in [-0.39, 0.29) is 17.4 Å². The van der Waals surface area contributed by atoms with Gasteiger partial charge in [0.15, 0.2) is 5.76 Å². The van der Waals surface area contributed by atoms with Gasteiger partial charge in [-0.3, -0.25) is 9.59 Å². The van der Waals surface area contributed by atoms with Gasteiger partial charge in [0.25, 0.3) is 0 Å². The molecule has 2 aromatic carbocycles. The largest absolute Gasteiger partial charge is 0.452 e. The minimum Gasteiger partial charge on any atom is -0.452 e. The van der Waals surface area contributed by atoms with Crippen molar-refractivity contribution < 1.29 is 14.3 Å². The molecule has 34 heavy (non-hydrogen) atoms. The van der Waals surface area contributed by atoms with Crippen LogP contribution in [0.5, 0.6) is 5.75 Å². The number of anilines is 1. The molecule has 3 heterocycles. The van der Waals surface area contributed by atoms with Crippen LogP contribution >= 0.6 is 0 Å². The van der Waals surface area contributed by atoms with E-state index >= 15 is 0 Å². The average molecular weight is 452 g/mol. The highest BCUT2D eigenvalue weighted by atomic mass is 16.5. The zero-order valence-corrected chi connectivity index (χ0v) is 19.5. The second-order valence-electron chi connectivity index (χ2n) is 9.44. The van der Waals surface area contributed by atoms with Crippen LogP contribution < -0.4 is 10.1 Å². The van der Waals surface area contributed by atoms with Crippen LogP contribution in [0.15, 0.2) is 72.8 Å². The number of allylic oxidation sites excluding steroid dienone is 1. The van der Waals surface area contributed by atoms with E-state index in [9.17, 15) is 9.59 Å². The van der Waals surface area contributed by atoms with Crippen molar-refractivity contribution in [3.05, 3.63) is 83.9 Å². The molecule has 1 aliphatic heterocycles. The molecule has 6 heteroatoms. The van der Waals surface area contributed by atoms with Gasteiger partial charge in [0, 0.05) is 35.8 Å². The highest BCUT2D eigenvalue weighted by molar-refractivity contribution is 6.19. The van der Waals surface area contributed by atoms with Crippen molar-refractivity contribution in [2.75, 3.05) is 5.32 Å². The van der Waals surface area contributed by atoms with Crippen LogP contribution in [0.1, 0.15) is 36.7 Å². The Bertz CT molecular complexity index is 1470. The number of nitrogens with zero attached hydrogens (tertiary/aromatic N) is 2. The molecule has 0 unspecified atom stereocenters. The molecule has 0 spiro atoms. The molecule has 0 aliphatic carbocycles. The molecule has 0 saturated carbocycles. The van der Waals surface area contributed by atoms with Crippen LogP contribution in [0.3, 0.4) is 0 Å². The summed E-state index contributed by atoms with van der Waals surface area (Å²) < 4.78 is 7.91. The first kappa shape index (κ1) is 21.6. The van der Waals surface area contributed by atoms with Crippen molar-refractivity contribution >= 4 is 34.5 Å². The Morgan fingerprint density at radius 3 is 2.56 bits per heavy atom. The highest BCUT2D eigenvalue weighted by Gasteiger charge is 2.32. The van der Waals surface area contributed by atoms with E-state index in [0.29, 0.717) is 17.0 Å². The summed E-state index contributed by atoms with van der Waals surface area (Å²) in [4.78, 5) is 30.5. The predicted octanol–water partition coefficient (Wildman–Crippen LogP) is 5.84. The van der Waals surface area contributed by atoms with E-state index in [4.69, 9.17) is 4.74 Å². The number of aromatic nitrogens is 2. The van der Waals surface area contributed by atoms with Gasteiger partial charge in [-0.05, 0) is 35.4 Å². The van der Waals surface area contributed by atoms with Crippen LogP contribution in [0, 0.1) is 5.41 Å². The van der Waals surface area contributed by atoms with E-state index in [2.05, 4.69) is 22.4 Å². The Hall–Kier alpha value is -4.19. The molecule has 1 aliphatic rings. The maximum Gasteiger partial charge on any atom is 0.234 e. The van der Waals surface area contributed by atoms with Crippen molar-refractivity contribution in [1.29, 1.82) is 0 Å². The fourth-order valence-electron chi connectivity index (χ4n) is 4.09. The number of hydrogen-bond donors (Lipinski definition) is 1. The summed E-state index contributed by atoms with van der Waals surface area (Å²) in [6.45, 7) is 5.48. The Balaban J connectivity index is 1.59. The van der Waals surface area contributed by atoms with E-state index < -0.39 is 5.41 Å². The maximum absolute atomic E-state index is 13.4. The molecule has 1 N–H and O–H groups in total. The number of ether oxygens (including phenoxy) is 1. The third kappa shape index (κ3) is 3.67. The fraction of sp³-hybridized carbons (Fsp3) is 0.179. The zero-order chi connectivity index (χ0) is 24.0. The van der Waals surface area contributed by atoms with Crippen molar-refractivity contribution in [2.24, 2.45) is 12.5 Å². The van der Waals surface area contributed by atoms with Gasteiger partial charge in [0.05, 0.1) is 11.3 Å². The normalized spacial score (nSPS) is 14.4. The molecular formula is C28H25N3O3. The van der Waals surface area contributed by atoms with Gasteiger partial charge in [0.2, 0.25) is 11.7 Å². The Morgan fingerprint density at radius 1 is 1.06 bits per heavy atom. The van der Waals surface area contributed by atoms with E-state index in [1.54, 1.807) is 30.5 Å². The summed E-state index contributed by atoms with van der Waals surface area (Å²) in [7, 11) is 1.93. The lowest BCUT2D eigenvalue weighted by Crippen LogP contribution is -2.28. The highest BCUT2D eigenvalue weighted by Crippen LogP contribution is 2.39. The first-order valence-corrected chi connectivity index (χ1v) is 11.1.